The lowest BCUT2D eigenvalue weighted by atomic mass is 10.0. The Balaban J connectivity index is 2.87. The lowest BCUT2D eigenvalue weighted by molar-refractivity contribution is 0.0554. The minimum Gasteiger partial charge on any atom is -0.496 e. The molecular weight excluding hydrogens is 258 g/mol. The van der Waals surface area contributed by atoms with E-state index in [-0.39, 0.29) is 0 Å². The highest BCUT2D eigenvalue weighted by atomic mass is 16.5. The van der Waals surface area contributed by atoms with Crippen LogP contribution in [0, 0.1) is 0 Å². The summed E-state index contributed by atoms with van der Waals surface area (Å²) >= 11 is 0. The molecule has 0 saturated carbocycles. The number of aliphatic hydroxyl groups is 1. The third-order valence-electron chi connectivity index (χ3n) is 3.39. The van der Waals surface area contributed by atoms with E-state index in [4.69, 9.17) is 14.2 Å². The van der Waals surface area contributed by atoms with Gasteiger partial charge in [-0.3, -0.25) is 0 Å². The second-order valence-electron chi connectivity index (χ2n) is 4.96. The lowest BCUT2D eigenvalue weighted by Gasteiger charge is -2.22. The Kier molecular flexibility index (Phi) is 6.10. The van der Waals surface area contributed by atoms with Crippen LogP contribution in [0.5, 0.6) is 17.2 Å². The lowest BCUT2D eigenvalue weighted by Crippen LogP contribution is -2.36. The van der Waals surface area contributed by atoms with Gasteiger partial charge < -0.3 is 24.6 Å². The van der Waals surface area contributed by atoms with E-state index in [1.165, 1.54) is 0 Å². The van der Waals surface area contributed by atoms with Gasteiger partial charge in [-0.2, -0.15) is 0 Å². The van der Waals surface area contributed by atoms with Crippen LogP contribution in [0.4, 0.5) is 0 Å². The van der Waals surface area contributed by atoms with Crippen LogP contribution in [-0.4, -0.2) is 38.6 Å². The molecule has 20 heavy (non-hydrogen) atoms. The van der Waals surface area contributed by atoms with Gasteiger partial charge in [-0.1, -0.05) is 6.92 Å². The summed E-state index contributed by atoms with van der Waals surface area (Å²) in [6.07, 6.45) is 0.691. The first-order chi connectivity index (χ1) is 9.47. The molecular formula is C15H25NO4. The molecule has 1 atom stereocenters. The van der Waals surface area contributed by atoms with Crippen LogP contribution in [0.3, 0.4) is 0 Å². The van der Waals surface area contributed by atoms with Gasteiger partial charge in [0.1, 0.15) is 17.2 Å². The molecule has 5 nitrogen and oxygen atoms in total. The average molecular weight is 283 g/mol. The Morgan fingerprint density at radius 1 is 1.10 bits per heavy atom. The first-order valence-corrected chi connectivity index (χ1v) is 6.69. The summed E-state index contributed by atoms with van der Waals surface area (Å²) in [6, 6.07) is 3.63. The Labute approximate surface area is 120 Å². The number of ether oxygens (including phenoxy) is 3. The molecule has 2 N–H and O–H groups in total. The summed E-state index contributed by atoms with van der Waals surface area (Å²) in [5.74, 6) is 2.08. The van der Waals surface area contributed by atoms with Crippen molar-refractivity contribution in [3.8, 4) is 17.2 Å². The maximum Gasteiger partial charge on any atom is 0.130 e. The van der Waals surface area contributed by atoms with Crippen molar-refractivity contribution < 1.29 is 19.3 Å². The summed E-state index contributed by atoms with van der Waals surface area (Å²) in [7, 11) is 4.82. The first kappa shape index (κ1) is 16.6. The van der Waals surface area contributed by atoms with E-state index < -0.39 is 5.60 Å². The highest BCUT2D eigenvalue weighted by molar-refractivity contribution is 5.50. The fraction of sp³-hybridized carbons (Fsp3) is 0.600. The molecule has 0 radical (unpaired) electrons. The topological polar surface area (TPSA) is 60.0 Å². The standard InChI is InChI=1S/C15H25NO4/c1-6-15(2,17)10-16-9-12-13(19-4)7-11(18-3)8-14(12)20-5/h7-8,16-17H,6,9-10H2,1-5H3. The predicted molar refractivity (Wildman–Crippen MR) is 78.7 cm³/mol. The number of methoxy groups -OCH3 is 3. The van der Waals surface area contributed by atoms with E-state index >= 15 is 0 Å². The minimum atomic E-state index is -0.715. The molecule has 0 amide bonds. The number of nitrogens with one attached hydrogen (secondary N) is 1. The van der Waals surface area contributed by atoms with Gasteiger partial charge in [-0.05, 0) is 13.3 Å². The molecule has 114 valence electrons. The molecule has 1 aromatic carbocycles. The van der Waals surface area contributed by atoms with E-state index in [9.17, 15) is 5.11 Å². The van der Waals surface area contributed by atoms with Crippen molar-refractivity contribution in [2.24, 2.45) is 0 Å². The Hall–Kier alpha value is -1.46. The van der Waals surface area contributed by atoms with Gasteiger partial charge in [0.05, 0.1) is 32.5 Å². The van der Waals surface area contributed by atoms with Crippen molar-refractivity contribution in [2.75, 3.05) is 27.9 Å². The molecule has 0 aliphatic rings. The maximum absolute atomic E-state index is 9.99. The molecule has 0 saturated heterocycles. The molecule has 1 rings (SSSR count). The van der Waals surface area contributed by atoms with E-state index in [1.807, 2.05) is 26.0 Å². The van der Waals surface area contributed by atoms with Crippen LogP contribution < -0.4 is 19.5 Å². The second-order valence-corrected chi connectivity index (χ2v) is 4.96. The van der Waals surface area contributed by atoms with E-state index in [2.05, 4.69) is 5.32 Å². The van der Waals surface area contributed by atoms with E-state index in [0.29, 0.717) is 36.8 Å². The van der Waals surface area contributed by atoms with Gasteiger partial charge in [0, 0.05) is 25.2 Å². The normalized spacial score (nSPS) is 13.7. The van der Waals surface area contributed by atoms with Crippen LogP contribution >= 0.6 is 0 Å². The molecule has 0 bridgehead atoms. The smallest absolute Gasteiger partial charge is 0.130 e. The molecule has 0 fully saturated rings. The molecule has 1 unspecified atom stereocenters. The Morgan fingerprint density at radius 2 is 1.65 bits per heavy atom. The zero-order valence-corrected chi connectivity index (χ0v) is 12.9. The van der Waals surface area contributed by atoms with Crippen molar-refractivity contribution in [1.29, 1.82) is 0 Å². The molecule has 0 spiro atoms. The van der Waals surface area contributed by atoms with Crippen molar-refractivity contribution >= 4 is 0 Å². The van der Waals surface area contributed by atoms with Crippen LogP contribution in [-0.2, 0) is 6.54 Å². The van der Waals surface area contributed by atoms with E-state index in [0.717, 1.165) is 5.56 Å². The summed E-state index contributed by atoms with van der Waals surface area (Å²) in [6.45, 7) is 4.81. The van der Waals surface area contributed by atoms with Gasteiger partial charge in [0.15, 0.2) is 0 Å². The summed E-state index contributed by atoms with van der Waals surface area (Å²) < 4.78 is 16.0. The van der Waals surface area contributed by atoms with Gasteiger partial charge in [-0.15, -0.1) is 0 Å². The van der Waals surface area contributed by atoms with Crippen LogP contribution in [0.25, 0.3) is 0 Å². The van der Waals surface area contributed by atoms with Crippen molar-refractivity contribution in [2.45, 2.75) is 32.4 Å². The molecule has 0 aliphatic carbocycles. The zero-order valence-electron chi connectivity index (χ0n) is 12.9. The molecule has 0 aliphatic heterocycles. The molecule has 1 aromatic rings. The molecule has 5 heteroatoms. The fourth-order valence-corrected chi connectivity index (χ4v) is 1.83. The van der Waals surface area contributed by atoms with Gasteiger partial charge in [0.2, 0.25) is 0 Å². The minimum absolute atomic E-state index is 0.502. The summed E-state index contributed by atoms with van der Waals surface area (Å²) in [4.78, 5) is 0. The van der Waals surface area contributed by atoms with Gasteiger partial charge in [0.25, 0.3) is 0 Å². The van der Waals surface area contributed by atoms with Crippen molar-refractivity contribution in [3.05, 3.63) is 17.7 Å². The average Bonchev–Trinajstić information content (AvgIpc) is 2.46. The Morgan fingerprint density at radius 3 is 2.05 bits per heavy atom. The highest BCUT2D eigenvalue weighted by Gasteiger charge is 2.18. The highest BCUT2D eigenvalue weighted by Crippen LogP contribution is 2.33. The monoisotopic (exact) mass is 283 g/mol. The number of hydrogen-bond acceptors (Lipinski definition) is 5. The summed E-state index contributed by atoms with van der Waals surface area (Å²) in [5.41, 5.74) is 0.190. The Bertz CT molecular complexity index is 407. The summed E-state index contributed by atoms with van der Waals surface area (Å²) in [5, 5.41) is 13.2. The van der Waals surface area contributed by atoms with Gasteiger partial charge >= 0.3 is 0 Å². The van der Waals surface area contributed by atoms with Crippen LogP contribution in [0.1, 0.15) is 25.8 Å². The van der Waals surface area contributed by atoms with E-state index in [1.54, 1.807) is 21.3 Å². The number of benzene rings is 1. The largest absolute Gasteiger partial charge is 0.496 e. The van der Waals surface area contributed by atoms with Crippen LogP contribution in [0.15, 0.2) is 12.1 Å². The SMILES string of the molecule is CCC(C)(O)CNCc1c(OC)cc(OC)cc1OC. The number of hydrogen-bond donors (Lipinski definition) is 2. The molecule has 0 aromatic heterocycles. The van der Waals surface area contributed by atoms with Crippen LogP contribution in [0.2, 0.25) is 0 Å². The second kappa shape index (κ2) is 7.36. The zero-order chi connectivity index (χ0) is 15.2. The number of rotatable bonds is 8. The van der Waals surface area contributed by atoms with Crippen molar-refractivity contribution in [3.63, 3.8) is 0 Å². The molecule has 0 heterocycles. The fourth-order valence-electron chi connectivity index (χ4n) is 1.83. The third-order valence-corrected chi connectivity index (χ3v) is 3.39. The third kappa shape index (κ3) is 4.28. The first-order valence-electron chi connectivity index (χ1n) is 6.69. The van der Waals surface area contributed by atoms with Gasteiger partial charge in [-0.25, -0.2) is 0 Å². The predicted octanol–water partition coefficient (Wildman–Crippen LogP) is 1.96. The quantitative estimate of drug-likeness (QED) is 0.764. The maximum atomic E-state index is 9.99. The van der Waals surface area contributed by atoms with Crippen molar-refractivity contribution in [1.82, 2.24) is 5.32 Å².